The summed E-state index contributed by atoms with van der Waals surface area (Å²) in [7, 11) is 0. The molecular weight excluding hydrogens is 426 g/mol. The molecule has 0 aromatic rings. The normalized spacial score (nSPS) is 30.4. The van der Waals surface area contributed by atoms with E-state index < -0.39 is 42.5 Å². The summed E-state index contributed by atoms with van der Waals surface area (Å²) < 4.78 is 11.6. The lowest BCUT2D eigenvalue weighted by atomic mass is 9.92. The Hall–Kier alpha value is -2.68. The summed E-state index contributed by atoms with van der Waals surface area (Å²) in [6.45, 7) is 8.40. The summed E-state index contributed by atoms with van der Waals surface area (Å²) in [4.78, 5) is 24.6. The molecule has 2 aliphatic rings. The van der Waals surface area contributed by atoms with Crippen molar-refractivity contribution in [3.8, 4) is 0 Å². The van der Waals surface area contributed by atoms with Crippen molar-refractivity contribution in [1.29, 1.82) is 0 Å². The molecule has 2 rings (SSSR count). The lowest BCUT2D eigenvalue weighted by molar-refractivity contribution is -0.152. The van der Waals surface area contributed by atoms with E-state index in [1.807, 2.05) is 19.9 Å². The highest BCUT2D eigenvalue weighted by molar-refractivity contribution is 5.89. The summed E-state index contributed by atoms with van der Waals surface area (Å²) in [6.07, 6.45) is 6.32. The third kappa shape index (κ3) is 7.99. The number of carbonyl (C=O) groups excluding carboxylic acids is 2. The molecule has 1 amide bonds. The van der Waals surface area contributed by atoms with Gasteiger partial charge in [0, 0.05) is 6.42 Å². The highest BCUT2D eigenvalue weighted by atomic mass is 16.6. The zero-order chi connectivity index (χ0) is 24.7. The first kappa shape index (κ1) is 26.6. The molecule has 1 unspecified atom stereocenters. The molecule has 0 aliphatic carbocycles. The topological polar surface area (TPSA) is 125 Å². The third-order valence-electron chi connectivity index (χ3n) is 5.56. The third-order valence-corrected chi connectivity index (χ3v) is 5.56. The quantitative estimate of drug-likeness (QED) is 0.465. The Labute approximate surface area is 195 Å². The second-order valence-electron chi connectivity index (χ2n) is 8.63. The molecule has 0 aromatic heterocycles. The molecule has 0 radical (unpaired) electrons. The largest absolute Gasteiger partial charge is 0.470 e. The van der Waals surface area contributed by atoms with Crippen molar-refractivity contribution < 1.29 is 34.4 Å². The number of aliphatic hydroxyl groups excluding tert-OH is 3. The molecule has 182 valence electrons. The van der Waals surface area contributed by atoms with Gasteiger partial charge in [-0.15, -0.1) is 0 Å². The van der Waals surface area contributed by atoms with Gasteiger partial charge < -0.3 is 30.1 Å². The number of ether oxygens (including phenoxy) is 2. The summed E-state index contributed by atoms with van der Waals surface area (Å²) in [5.41, 5.74) is 1.85. The van der Waals surface area contributed by atoms with Gasteiger partial charge in [0.25, 0.3) is 5.91 Å². The second kappa shape index (κ2) is 12.0. The van der Waals surface area contributed by atoms with Crippen molar-refractivity contribution in [2.24, 2.45) is 5.92 Å². The van der Waals surface area contributed by atoms with Crippen LogP contribution < -0.4 is 5.32 Å². The molecule has 2 bridgehead atoms. The van der Waals surface area contributed by atoms with Crippen molar-refractivity contribution in [3.63, 3.8) is 0 Å². The molecule has 6 atom stereocenters. The van der Waals surface area contributed by atoms with Crippen molar-refractivity contribution in [3.05, 3.63) is 58.9 Å². The molecule has 33 heavy (non-hydrogen) atoms. The standard InChI is InChI=1S/C25H35NO7/c1-14-6-9-19(28)10-8-15(2)12-22(26-24(30)18(5)27)33-23-16(3)21(13-20(29)11-7-14)32-25(31)17(23)4/h6-8,10-12,16,18-22,27-29H,9,13H2,1-5H3,(H,26,30)/t16-,18+,19+,20-,21-,22?/m1/s1. The number of aliphatic hydroxyl groups is 3. The van der Waals surface area contributed by atoms with Gasteiger partial charge in [-0.05, 0) is 45.8 Å². The maximum absolute atomic E-state index is 12.5. The number of hydrogen-bond donors (Lipinski definition) is 4. The number of hydrogen-bond acceptors (Lipinski definition) is 7. The van der Waals surface area contributed by atoms with Crippen LogP contribution in [0.1, 0.15) is 47.5 Å². The average molecular weight is 462 g/mol. The Kier molecular flexibility index (Phi) is 9.64. The summed E-state index contributed by atoms with van der Waals surface area (Å²) in [5, 5.41) is 32.9. The van der Waals surface area contributed by atoms with E-state index in [1.54, 1.807) is 44.2 Å². The molecule has 0 saturated heterocycles. The average Bonchev–Trinajstić information content (AvgIpc) is 2.75. The van der Waals surface area contributed by atoms with Gasteiger partial charge in [-0.2, -0.15) is 0 Å². The highest BCUT2D eigenvalue weighted by Gasteiger charge is 2.36. The van der Waals surface area contributed by atoms with Gasteiger partial charge in [0.1, 0.15) is 18.0 Å². The molecule has 0 aromatic carbocycles. The summed E-state index contributed by atoms with van der Waals surface area (Å²) in [5.74, 6) is -1.23. The van der Waals surface area contributed by atoms with Crippen LogP contribution in [0.15, 0.2) is 58.9 Å². The van der Waals surface area contributed by atoms with Crippen LogP contribution >= 0.6 is 0 Å². The number of allylic oxidation sites excluding steroid dienone is 4. The fourth-order valence-electron chi connectivity index (χ4n) is 3.48. The number of amides is 1. The maximum Gasteiger partial charge on any atom is 0.337 e. The second-order valence-corrected chi connectivity index (χ2v) is 8.63. The Balaban J connectivity index is 2.47. The highest BCUT2D eigenvalue weighted by Crippen LogP contribution is 2.32. The Morgan fingerprint density at radius 3 is 2.39 bits per heavy atom. The monoisotopic (exact) mass is 461 g/mol. The fourth-order valence-corrected chi connectivity index (χ4v) is 3.48. The van der Waals surface area contributed by atoms with E-state index in [1.165, 1.54) is 6.92 Å². The maximum atomic E-state index is 12.5. The molecule has 2 aliphatic heterocycles. The van der Waals surface area contributed by atoms with Crippen LogP contribution in [-0.2, 0) is 19.1 Å². The van der Waals surface area contributed by atoms with Crippen LogP contribution in [0.25, 0.3) is 0 Å². The van der Waals surface area contributed by atoms with Crippen LogP contribution in [0.5, 0.6) is 0 Å². The molecule has 4 N–H and O–H groups in total. The summed E-state index contributed by atoms with van der Waals surface area (Å²) >= 11 is 0. The van der Waals surface area contributed by atoms with Crippen LogP contribution in [0, 0.1) is 5.92 Å². The first-order valence-electron chi connectivity index (χ1n) is 11.1. The van der Waals surface area contributed by atoms with Gasteiger partial charge in [0.15, 0.2) is 6.23 Å². The van der Waals surface area contributed by atoms with Crippen molar-refractivity contribution in [2.45, 2.75) is 78.1 Å². The molecule has 0 fully saturated rings. The number of esters is 1. The van der Waals surface area contributed by atoms with E-state index in [9.17, 15) is 24.9 Å². The first-order valence-corrected chi connectivity index (χ1v) is 11.1. The predicted molar refractivity (Wildman–Crippen MR) is 123 cm³/mol. The van der Waals surface area contributed by atoms with Gasteiger partial charge in [0.05, 0.1) is 23.7 Å². The van der Waals surface area contributed by atoms with E-state index in [4.69, 9.17) is 9.47 Å². The minimum atomic E-state index is -1.25. The van der Waals surface area contributed by atoms with Crippen LogP contribution in [0.3, 0.4) is 0 Å². The van der Waals surface area contributed by atoms with Crippen LogP contribution in [0.2, 0.25) is 0 Å². The number of rotatable bonds is 2. The zero-order valence-electron chi connectivity index (χ0n) is 19.8. The van der Waals surface area contributed by atoms with E-state index in [0.29, 0.717) is 17.8 Å². The molecule has 8 heteroatoms. The van der Waals surface area contributed by atoms with E-state index in [2.05, 4.69) is 5.32 Å². The van der Waals surface area contributed by atoms with Gasteiger partial charge in [0.2, 0.25) is 0 Å². The van der Waals surface area contributed by atoms with Gasteiger partial charge in [-0.1, -0.05) is 42.9 Å². The molecule has 0 spiro atoms. The summed E-state index contributed by atoms with van der Waals surface area (Å²) in [6, 6.07) is 0. The number of nitrogens with one attached hydrogen (secondary N) is 1. The SMILES string of the molecule is CC1=CC[C@H](O)C=CC(C)=CC(NC(=O)[C@H](C)O)OC2=C(C)C(=O)O[C@H](C[C@H](O)C=C1)[C@H]2C. The van der Waals surface area contributed by atoms with Crippen LogP contribution in [0.4, 0.5) is 0 Å². The van der Waals surface area contributed by atoms with Crippen molar-refractivity contribution in [2.75, 3.05) is 0 Å². The van der Waals surface area contributed by atoms with Gasteiger partial charge >= 0.3 is 5.97 Å². The van der Waals surface area contributed by atoms with Gasteiger partial charge in [-0.25, -0.2) is 4.79 Å². The van der Waals surface area contributed by atoms with Crippen molar-refractivity contribution in [1.82, 2.24) is 5.32 Å². The molecule has 2 heterocycles. The van der Waals surface area contributed by atoms with E-state index >= 15 is 0 Å². The minimum Gasteiger partial charge on any atom is -0.470 e. The number of fused-ring (bicyclic) bond motifs is 2. The van der Waals surface area contributed by atoms with E-state index in [-0.39, 0.29) is 17.9 Å². The fraction of sp³-hybridized carbons (Fsp3) is 0.520. The Morgan fingerprint density at radius 1 is 1.09 bits per heavy atom. The molecule has 8 nitrogen and oxygen atoms in total. The molecule has 0 saturated carbocycles. The first-order chi connectivity index (χ1) is 15.5. The lowest BCUT2D eigenvalue weighted by Gasteiger charge is -2.34. The van der Waals surface area contributed by atoms with Gasteiger partial charge in [-0.3, -0.25) is 4.79 Å². The van der Waals surface area contributed by atoms with Crippen molar-refractivity contribution >= 4 is 11.9 Å². The van der Waals surface area contributed by atoms with E-state index in [0.717, 1.165) is 5.57 Å². The molecular formula is C25H35NO7. The smallest absolute Gasteiger partial charge is 0.337 e. The van der Waals surface area contributed by atoms with Crippen LogP contribution in [-0.4, -0.2) is 57.8 Å². The Bertz CT molecular complexity index is 881. The number of carbonyl (C=O) groups is 2. The predicted octanol–water partition coefficient (Wildman–Crippen LogP) is 2.18. The Morgan fingerprint density at radius 2 is 1.73 bits per heavy atom. The zero-order valence-corrected chi connectivity index (χ0v) is 19.8. The lowest BCUT2D eigenvalue weighted by Crippen LogP contribution is -2.43. The minimum absolute atomic E-state index is 0.167.